The molecule has 0 bridgehead atoms. The average molecular weight is 257 g/mol. The summed E-state index contributed by atoms with van der Waals surface area (Å²) in [6.45, 7) is 7.26. The number of carboxylic acid groups (broad SMARTS) is 1. The van der Waals surface area contributed by atoms with E-state index in [4.69, 9.17) is 10.8 Å². The highest BCUT2D eigenvalue weighted by Gasteiger charge is 2.27. The third-order valence-corrected chi connectivity index (χ3v) is 3.55. The Labute approximate surface area is 108 Å². The van der Waals surface area contributed by atoms with Crippen LogP contribution in [0.2, 0.25) is 0 Å². The molecule has 0 aromatic rings. The normalized spacial score (nSPS) is 20.5. The second-order valence-electron chi connectivity index (χ2n) is 4.82. The third-order valence-electron chi connectivity index (χ3n) is 3.55. The molecule has 1 fully saturated rings. The Morgan fingerprint density at radius 1 is 1.28 bits per heavy atom. The van der Waals surface area contributed by atoms with Crippen molar-refractivity contribution in [1.29, 1.82) is 0 Å². The molecule has 1 aliphatic rings. The second kappa shape index (κ2) is 6.70. The van der Waals surface area contributed by atoms with E-state index in [1.807, 2.05) is 0 Å². The van der Waals surface area contributed by atoms with Crippen molar-refractivity contribution in [2.24, 2.45) is 5.73 Å². The van der Waals surface area contributed by atoms with E-state index in [9.17, 15) is 9.59 Å². The van der Waals surface area contributed by atoms with Crippen LogP contribution < -0.4 is 5.73 Å². The van der Waals surface area contributed by atoms with Crippen LogP contribution in [0.25, 0.3) is 0 Å². The fourth-order valence-corrected chi connectivity index (χ4v) is 2.15. The Morgan fingerprint density at radius 2 is 1.83 bits per heavy atom. The second-order valence-corrected chi connectivity index (χ2v) is 4.82. The van der Waals surface area contributed by atoms with Crippen LogP contribution in [0.4, 0.5) is 0 Å². The fraction of sp³-hybridized carbons (Fsp3) is 0.833. The summed E-state index contributed by atoms with van der Waals surface area (Å²) in [5.74, 6) is -1.28. The van der Waals surface area contributed by atoms with Crippen molar-refractivity contribution in [2.75, 3.05) is 26.2 Å². The van der Waals surface area contributed by atoms with Gasteiger partial charge in [0.25, 0.3) is 0 Å². The maximum absolute atomic E-state index is 11.9. The number of carboxylic acids is 1. The van der Waals surface area contributed by atoms with E-state index < -0.39 is 12.0 Å². The molecule has 1 aliphatic heterocycles. The van der Waals surface area contributed by atoms with Crippen LogP contribution in [-0.2, 0) is 9.59 Å². The molecule has 2 unspecified atom stereocenters. The predicted octanol–water partition coefficient (Wildman–Crippen LogP) is -0.269. The van der Waals surface area contributed by atoms with E-state index in [0.29, 0.717) is 19.1 Å². The molecule has 0 aliphatic carbocycles. The van der Waals surface area contributed by atoms with Gasteiger partial charge in [0.15, 0.2) is 0 Å². The van der Waals surface area contributed by atoms with Crippen molar-refractivity contribution in [1.82, 2.24) is 9.80 Å². The smallest absolute Gasteiger partial charge is 0.305 e. The van der Waals surface area contributed by atoms with Gasteiger partial charge in [-0.05, 0) is 13.3 Å². The monoisotopic (exact) mass is 257 g/mol. The van der Waals surface area contributed by atoms with E-state index in [1.165, 1.54) is 0 Å². The zero-order chi connectivity index (χ0) is 13.7. The maximum Gasteiger partial charge on any atom is 0.305 e. The first-order chi connectivity index (χ1) is 8.45. The van der Waals surface area contributed by atoms with Gasteiger partial charge >= 0.3 is 5.97 Å². The molecule has 0 spiro atoms. The molecular weight excluding hydrogens is 234 g/mol. The minimum Gasteiger partial charge on any atom is -0.481 e. The molecule has 1 heterocycles. The first kappa shape index (κ1) is 14.9. The average Bonchev–Trinajstić information content (AvgIpc) is 2.36. The molecule has 2 atom stereocenters. The quantitative estimate of drug-likeness (QED) is 0.708. The lowest BCUT2D eigenvalue weighted by Crippen LogP contribution is -2.55. The minimum atomic E-state index is -1.03. The maximum atomic E-state index is 11.9. The first-order valence-electron chi connectivity index (χ1n) is 6.46. The molecule has 6 heteroatoms. The van der Waals surface area contributed by atoms with Gasteiger partial charge in [0.05, 0.1) is 12.5 Å². The summed E-state index contributed by atoms with van der Waals surface area (Å²) in [4.78, 5) is 26.4. The molecule has 0 aromatic heterocycles. The van der Waals surface area contributed by atoms with Crippen LogP contribution in [0.5, 0.6) is 0 Å². The topological polar surface area (TPSA) is 86.9 Å². The lowest BCUT2D eigenvalue weighted by Gasteiger charge is -2.38. The van der Waals surface area contributed by atoms with Gasteiger partial charge in [-0.2, -0.15) is 0 Å². The van der Waals surface area contributed by atoms with Crippen molar-refractivity contribution in [3.05, 3.63) is 0 Å². The third kappa shape index (κ3) is 3.96. The minimum absolute atomic E-state index is 0.249. The van der Waals surface area contributed by atoms with Gasteiger partial charge in [-0.1, -0.05) is 6.92 Å². The van der Waals surface area contributed by atoms with Crippen molar-refractivity contribution in [3.8, 4) is 0 Å². The van der Waals surface area contributed by atoms with E-state index in [0.717, 1.165) is 19.5 Å². The zero-order valence-corrected chi connectivity index (χ0v) is 11.1. The van der Waals surface area contributed by atoms with Crippen LogP contribution in [0.3, 0.4) is 0 Å². The highest BCUT2D eigenvalue weighted by atomic mass is 16.4. The molecule has 0 aromatic carbocycles. The van der Waals surface area contributed by atoms with E-state index in [-0.39, 0.29) is 12.3 Å². The molecule has 6 nitrogen and oxygen atoms in total. The number of nitrogens with zero attached hydrogens (tertiary/aromatic N) is 2. The van der Waals surface area contributed by atoms with Gasteiger partial charge in [-0.25, -0.2) is 0 Å². The van der Waals surface area contributed by atoms with E-state index in [1.54, 1.807) is 4.90 Å². The van der Waals surface area contributed by atoms with Crippen molar-refractivity contribution in [3.63, 3.8) is 0 Å². The number of aliphatic carboxylic acids is 1. The Kier molecular flexibility index (Phi) is 5.55. The number of rotatable bonds is 5. The van der Waals surface area contributed by atoms with Gasteiger partial charge in [-0.3, -0.25) is 14.5 Å². The number of nitrogens with two attached hydrogens (primary N) is 1. The fourth-order valence-electron chi connectivity index (χ4n) is 2.15. The lowest BCUT2D eigenvalue weighted by molar-refractivity contribution is -0.142. The summed E-state index contributed by atoms with van der Waals surface area (Å²) < 4.78 is 0. The van der Waals surface area contributed by atoms with Gasteiger partial charge in [0, 0.05) is 32.2 Å². The van der Waals surface area contributed by atoms with Gasteiger partial charge in [0.2, 0.25) is 5.91 Å². The van der Waals surface area contributed by atoms with E-state index in [2.05, 4.69) is 18.7 Å². The van der Waals surface area contributed by atoms with Gasteiger partial charge < -0.3 is 15.7 Å². The van der Waals surface area contributed by atoms with Gasteiger partial charge in [-0.15, -0.1) is 0 Å². The molecule has 1 amide bonds. The van der Waals surface area contributed by atoms with Gasteiger partial charge in [0.1, 0.15) is 0 Å². The Morgan fingerprint density at radius 3 is 2.28 bits per heavy atom. The van der Waals surface area contributed by atoms with Crippen molar-refractivity contribution < 1.29 is 14.7 Å². The SMILES string of the molecule is CCC(C)N1CCN(C(=O)C(N)CC(=O)O)CC1. The van der Waals surface area contributed by atoms with Crippen LogP contribution in [0.15, 0.2) is 0 Å². The summed E-state index contributed by atoms with van der Waals surface area (Å²) >= 11 is 0. The molecule has 0 radical (unpaired) electrons. The zero-order valence-electron chi connectivity index (χ0n) is 11.1. The molecule has 0 saturated carbocycles. The highest BCUT2D eigenvalue weighted by Crippen LogP contribution is 2.10. The summed E-state index contributed by atoms with van der Waals surface area (Å²) in [7, 11) is 0. The van der Waals surface area contributed by atoms with Crippen LogP contribution in [-0.4, -0.2) is 65.0 Å². The number of piperazine rings is 1. The predicted molar refractivity (Wildman–Crippen MR) is 68.1 cm³/mol. The van der Waals surface area contributed by atoms with E-state index >= 15 is 0 Å². The molecule has 1 saturated heterocycles. The largest absolute Gasteiger partial charge is 0.481 e. The van der Waals surface area contributed by atoms with Crippen molar-refractivity contribution in [2.45, 2.75) is 38.8 Å². The summed E-state index contributed by atoms with van der Waals surface area (Å²) in [5, 5.41) is 8.62. The number of carbonyl (C=O) groups excluding carboxylic acids is 1. The molecular formula is C12H23N3O3. The molecule has 104 valence electrons. The lowest BCUT2D eigenvalue weighted by atomic mass is 10.1. The number of hydrogen-bond acceptors (Lipinski definition) is 4. The summed E-state index contributed by atoms with van der Waals surface area (Å²) in [6.07, 6.45) is 0.789. The molecule has 18 heavy (non-hydrogen) atoms. The molecule has 3 N–H and O–H groups in total. The first-order valence-corrected chi connectivity index (χ1v) is 6.46. The number of hydrogen-bond donors (Lipinski definition) is 2. The highest BCUT2D eigenvalue weighted by molar-refractivity contribution is 5.86. The Bertz CT molecular complexity index is 301. The van der Waals surface area contributed by atoms with Crippen LogP contribution in [0, 0.1) is 0 Å². The number of carbonyl (C=O) groups is 2. The van der Waals surface area contributed by atoms with Crippen LogP contribution >= 0.6 is 0 Å². The Balaban J connectivity index is 2.42. The standard InChI is InChI=1S/C12H23N3O3/c1-3-9(2)14-4-6-15(7-5-14)12(18)10(13)8-11(16)17/h9-10H,3-8,13H2,1-2H3,(H,16,17). The van der Waals surface area contributed by atoms with Crippen molar-refractivity contribution >= 4 is 11.9 Å². The van der Waals surface area contributed by atoms with Crippen LogP contribution in [0.1, 0.15) is 26.7 Å². The Hall–Kier alpha value is -1.14. The molecule has 1 rings (SSSR count). The number of amides is 1. The summed E-state index contributed by atoms with van der Waals surface area (Å²) in [5.41, 5.74) is 5.58. The summed E-state index contributed by atoms with van der Waals surface area (Å²) in [6, 6.07) is -0.396.